The first-order valence-electron chi connectivity index (χ1n) is 5.15. The molecule has 14 heavy (non-hydrogen) atoms. The molecule has 1 heterocycles. The van der Waals surface area contributed by atoms with Gasteiger partial charge in [-0.2, -0.15) is 0 Å². The Morgan fingerprint density at radius 2 is 2.29 bits per heavy atom. The van der Waals surface area contributed by atoms with Crippen LogP contribution in [0.4, 0.5) is 0 Å². The Morgan fingerprint density at radius 1 is 1.43 bits per heavy atom. The zero-order chi connectivity index (χ0) is 9.97. The van der Waals surface area contributed by atoms with Crippen molar-refractivity contribution >= 4 is 11.7 Å². The molecule has 0 aromatic rings. The van der Waals surface area contributed by atoms with Crippen LogP contribution in [0.5, 0.6) is 0 Å². The van der Waals surface area contributed by atoms with E-state index in [0.29, 0.717) is 19.4 Å². The predicted molar refractivity (Wildman–Crippen MR) is 49.7 cm³/mol. The molecular weight excluding hydrogens is 182 g/mol. The van der Waals surface area contributed by atoms with Gasteiger partial charge in [0, 0.05) is 25.4 Å². The number of rotatable bonds is 2. The highest BCUT2D eigenvalue weighted by Crippen LogP contribution is 2.22. The summed E-state index contributed by atoms with van der Waals surface area (Å²) in [5.74, 6) is 0.169. The van der Waals surface area contributed by atoms with E-state index in [0.717, 1.165) is 19.4 Å². The quantitative estimate of drug-likeness (QED) is 0.691. The molecule has 2 fully saturated rings. The molecule has 2 atom stereocenters. The van der Waals surface area contributed by atoms with Crippen LogP contribution in [0.15, 0.2) is 0 Å². The number of ether oxygens (including phenoxy) is 1. The molecule has 0 spiro atoms. The van der Waals surface area contributed by atoms with E-state index in [4.69, 9.17) is 4.74 Å². The molecule has 4 heteroatoms. The molecule has 0 aromatic carbocycles. The normalized spacial score (nSPS) is 32.1. The number of hydrogen-bond donors (Lipinski definition) is 1. The zero-order valence-corrected chi connectivity index (χ0v) is 8.12. The molecular formula is C10H15NO3. The Labute approximate surface area is 83.0 Å². The molecule has 1 aliphatic heterocycles. The summed E-state index contributed by atoms with van der Waals surface area (Å²) in [7, 11) is 0. The summed E-state index contributed by atoms with van der Waals surface area (Å²) in [5, 5.41) is 2.93. The van der Waals surface area contributed by atoms with Gasteiger partial charge in [-0.3, -0.25) is 9.59 Å². The largest absolute Gasteiger partial charge is 0.379 e. The summed E-state index contributed by atoms with van der Waals surface area (Å²) in [6.45, 7) is 1.35. The second-order valence-electron chi connectivity index (χ2n) is 4.05. The van der Waals surface area contributed by atoms with Crippen LogP contribution < -0.4 is 5.32 Å². The van der Waals surface area contributed by atoms with Crippen molar-refractivity contribution in [1.29, 1.82) is 0 Å². The lowest BCUT2D eigenvalue weighted by Gasteiger charge is -2.13. The predicted octanol–water partition coefficient (Wildman–Crippen LogP) is 0.261. The molecule has 1 aliphatic carbocycles. The van der Waals surface area contributed by atoms with Crippen LogP contribution in [0, 0.1) is 5.92 Å². The lowest BCUT2D eigenvalue weighted by Crippen LogP contribution is -2.38. The number of nitrogens with one attached hydrogen (secondary N) is 1. The van der Waals surface area contributed by atoms with Gasteiger partial charge in [0.25, 0.3) is 0 Å². The minimum Gasteiger partial charge on any atom is -0.379 e. The smallest absolute Gasteiger partial charge is 0.223 e. The minimum absolute atomic E-state index is 0.0337. The van der Waals surface area contributed by atoms with Gasteiger partial charge in [-0.1, -0.05) is 0 Å². The van der Waals surface area contributed by atoms with Crippen molar-refractivity contribution in [3.63, 3.8) is 0 Å². The Kier molecular flexibility index (Phi) is 2.82. The fourth-order valence-corrected chi connectivity index (χ4v) is 2.01. The molecule has 0 radical (unpaired) electrons. The van der Waals surface area contributed by atoms with E-state index in [-0.39, 0.29) is 23.7 Å². The maximum Gasteiger partial charge on any atom is 0.223 e. The summed E-state index contributed by atoms with van der Waals surface area (Å²) in [6, 6.07) is 0.165. The third kappa shape index (κ3) is 2.12. The highest BCUT2D eigenvalue weighted by Gasteiger charge is 2.30. The second kappa shape index (κ2) is 4.09. The summed E-state index contributed by atoms with van der Waals surface area (Å²) < 4.78 is 5.16. The van der Waals surface area contributed by atoms with Crippen molar-refractivity contribution in [2.75, 3.05) is 13.2 Å². The van der Waals surface area contributed by atoms with E-state index < -0.39 is 0 Å². The van der Waals surface area contributed by atoms with Crippen molar-refractivity contribution in [3.05, 3.63) is 0 Å². The first kappa shape index (κ1) is 9.65. The monoisotopic (exact) mass is 197 g/mol. The molecule has 78 valence electrons. The molecule has 2 rings (SSSR count). The number of amides is 1. The van der Waals surface area contributed by atoms with E-state index in [2.05, 4.69) is 5.32 Å². The van der Waals surface area contributed by atoms with Gasteiger partial charge in [-0.15, -0.1) is 0 Å². The van der Waals surface area contributed by atoms with Crippen LogP contribution in [-0.4, -0.2) is 30.9 Å². The Hall–Kier alpha value is -0.900. The van der Waals surface area contributed by atoms with E-state index in [1.807, 2.05) is 0 Å². The van der Waals surface area contributed by atoms with Gasteiger partial charge in [0.15, 0.2) is 0 Å². The topological polar surface area (TPSA) is 55.4 Å². The van der Waals surface area contributed by atoms with Crippen LogP contribution in [0.1, 0.15) is 25.7 Å². The van der Waals surface area contributed by atoms with Crippen molar-refractivity contribution in [2.45, 2.75) is 31.7 Å². The molecule has 2 aliphatic rings. The highest BCUT2D eigenvalue weighted by molar-refractivity contribution is 5.90. The van der Waals surface area contributed by atoms with Gasteiger partial charge >= 0.3 is 0 Å². The highest BCUT2D eigenvalue weighted by atomic mass is 16.5. The van der Waals surface area contributed by atoms with E-state index in [1.54, 1.807) is 0 Å². The standard InChI is InChI=1S/C10H15NO3/c12-9-2-1-7(5-9)10(13)11-8-3-4-14-6-8/h7-8H,1-6H2,(H,11,13)/t7?,8-/m0/s1. The van der Waals surface area contributed by atoms with Gasteiger partial charge in [0.2, 0.25) is 5.91 Å². The average Bonchev–Trinajstić information content (AvgIpc) is 2.75. The van der Waals surface area contributed by atoms with E-state index in [1.165, 1.54) is 0 Å². The molecule has 1 saturated carbocycles. The molecule has 4 nitrogen and oxygen atoms in total. The fourth-order valence-electron chi connectivity index (χ4n) is 2.01. The van der Waals surface area contributed by atoms with Gasteiger partial charge in [0.1, 0.15) is 5.78 Å². The van der Waals surface area contributed by atoms with Crippen molar-refractivity contribution in [1.82, 2.24) is 5.32 Å². The zero-order valence-electron chi connectivity index (χ0n) is 8.12. The van der Waals surface area contributed by atoms with E-state index >= 15 is 0 Å². The summed E-state index contributed by atoms with van der Waals surface area (Å²) in [6.07, 6.45) is 2.61. The molecule has 1 saturated heterocycles. The summed E-state index contributed by atoms with van der Waals surface area (Å²) in [4.78, 5) is 22.6. The maximum atomic E-state index is 11.6. The van der Waals surface area contributed by atoms with Gasteiger partial charge in [0.05, 0.1) is 12.6 Å². The third-order valence-corrected chi connectivity index (χ3v) is 2.89. The molecule has 0 bridgehead atoms. The number of Topliss-reactive ketones (excluding diaryl/α,β-unsaturated/α-hetero) is 1. The molecule has 1 amide bonds. The Balaban J connectivity index is 1.80. The maximum absolute atomic E-state index is 11.6. The first-order valence-corrected chi connectivity index (χ1v) is 5.15. The van der Waals surface area contributed by atoms with Crippen LogP contribution in [0.3, 0.4) is 0 Å². The number of carbonyl (C=O) groups is 2. The van der Waals surface area contributed by atoms with Gasteiger partial charge in [-0.25, -0.2) is 0 Å². The SMILES string of the molecule is O=C1CCC(C(=O)N[C@H]2CCOC2)C1. The fraction of sp³-hybridized carbons (Fsp3) is 0.800. The van der Waals surface area contributed by atoms with Crippen molar-refractivity contribution in [2.24, 2.45) is 5.92 Å². The van der Waals surface area contributed by atoms with Crippen molar-refractivity contribution in [3.8, 4) is 0 Å². The molecule has 1 unspecified atom stereocenters. The number of carbonyl (C=O) groups excluding carboxylic acids is 2. The number of hydrogen-bond acceptors (Lipinski definition) is 3. The molecule has 1 N–H and O–H groups in total. The van der Waals surface area contributed by atoms with Gasteiger partial charge < -0.3 is 10.1 Å². The minimum atomic E-state index is -0.0805. The third-order valence-electron chi connectivity index (χ3n) is 2.89. The Bertz CT molecular complexity index is 246. The summed E-state index contributed by atoms with van der Waals surface area (Å²) >= 11 is 0. The van der Waals surface area contributed by atoms with Crippen LogP contribution in [0.25, 0.3) is 0 Å². The van der Waals surface area contributed by atoms with Crippen LogP contribution >= 0.6 is 0 Å². The average molecular weight is 197 g/mol. The van der Waals surface area contributed by atoms with Gasteiger partial charge in [-0.05, 0) is 12.8 Å². The van der Waals surface area contributed by atoms with Crippen LogP contribution in [-0.2, 0) is 14.3 Å². The number of ketones is 1. The van der Waals surface area contributed by atoms with Crippen molar-refractivity contribution < 1.29 is 14.3 Å². The summed E-state index contributed by atoms with van der Waals surface area (Å²) in [5.41, 5.74) is 0. The lowest BCUT2D eigenvalue weighted by atomic mass is 10.1. The Morgan fingerprint density at radius 3 is 2.86 bits per heavy atom. The van der Waals surface area contributed by atoms with Crippen LogP contribution in [0.2, 0.25) is 0 Å². The second-order valence-corrected chi connectivity index (χ2v) is 4.05. The first-order chi connectivity index (χ1) is 6.75. The van der Waals surface area contributed by atoms with E-state index in [9.17, 15) is 9.59 Å². The lowest BCUT2D eigenvalue weighted by molar-refractivity contribution is -0.127. The molecule has 0 aromatic heterocycles.